The molecule has 1 aromatic heterocycles. The van der Waals surface area contributed by atoms with Gasteiger partial charge in [-0.25, -0.2) is 10.1 Å². The maximum absolute atomic E-state index is 12.5. The molecule has 1 N–H and O–H groups in total. The van der Waals surface area contributed by atoms with Crippen molar-refractivity contribution in [2.75, 3.05) is 0 Å². The number of carbonyl (C=O) groups is 1. The summed E-state index contributed by atoms with van der Waals surface area (Å²) in [5.41, 5.74) is 8.65. The average molecular weight is 487 g/mol. The van der Waals surface area contributed by atoms with Gasteiger partial charge in [0.25, 0.3) is 5.91 Å². The molecule has 0 aliphatic heterocycles. The highest BCUT2D eigenvalue weighted by molar-refractivity contribution is 5.95. The maximum atomic E-state index is 12.5. The van der Waals surface area contributed by atoms with Crippen LogP contribution < -0.4 is 10.2 Å². The number of carbonyl (C=O) groups excluding carboxylic acids is 1. The normalized spacial score (nSPS) is 10.9. The standard InChI is InChI=1S/C31H26N4O2/c1-23-9-8-12-26(19-23)31(36)33-32-20-27-21-35(28-13-6-3-7-14-28)34-30(27)25-15-17-29(18-16-25)37-22-24-10-4-2-5-11-24/h2-21H,22H2,1H3,(H,33,36). The SMILES string of the molecule is Cc1cccc(C(=O)NN=Cc2cn(-c3ccccc3)nc2-c2ccc(OCc3ccccc3)cc2)c1. The van der Waals surface area contributed by atoms with Gasteiger partial charge in [-0.1, -0.05) is 66.2 Å². The van der Waals surface area contributed by atoms with E-state index in [9.17, 15) is 4.79 Å². The van der Waals surface area contributed by atoms with Gasteiger partial charge in [-0.15, -0.1) is 0 Å². The van der Waals surface area contributed by atoms with Gasteiger partial charge < -0.3 is 4.74 Å². The van der Waals surface area contributed by atoms with Crippen molar-refractivity contribution < 1.29 is 9.53 Å². The molecule has 1 amide bonds. The lowest BCUT2D eigenvalue weighted by Gasteiger charge is -2.07. The van der Waals surface area contributed by atoms with Crippen molar-refractivity contribution in [3.05, 3.63) is 138 Å². The first-order valence-corrected chi connectivity index (χ1v) is 12.0. The van der Waals surface area contributed by atoms with Crippen LogP contribution in [0, 0.1) is 6.92 Å². The number of aryl methyl sites for hydroxylation is 1. The molecule has 0 radical (unpaired) electrons. The van der Waals surface area contributed by atoms with E-state index < -0.39 is 0 Å². The monoisotopic (exact) mass is 486 g/mol. The second-order valence-electron chi connectivity index (χ2n) is 8.58. The summed E-state index contributed by atoms with van der Waals surface area (Å²) in [6.45, 7) is 2.45. The fraction of sp³-hybridized carbons (Fsp3) is 0.0645. The van der Waals surface area contributed by atoms with Crippen molar-refractivity contribution in [3.63, 3.8) is 0 Å². The number of nitrogens with one attached hydrogen (secondary N) is 1. The van der Waals surface area contributed by atoms with Crippen molar-refractivity contribution in [3.8, 4) is 22.7 Å². The summed E-state index contributed by atoms with van der Waals surface area (Å²) in [6, 6.07) is 35.1. The van der Waals surface area contributed by atoms with Crippen molar-refractivity contribution in [2.24, 2.45) is 5.10 Å². The van der Waals surface area contributed by atoms with E-state index in [1.54, 1.807) is 17.0 Å². The molecule has 5 aromatic rings. The van der Waals surface area contributed by atoms with E-state index in [2.05, 4.69) is 10.5 Å². The van der Waals surface area contributed by atoms with Gasteiger partial charge in [-0.05, 0) is 61.0 Å². The number of benzene rings is 4. The summed E-state index contributed by atoms with van der Waals surface area (Å²) in [6.07, 6.45) is 3.52. The van der Waals surface area contributed by atoms with Gasteiger partial charge in [-0.2, -0.15) is 10.2 Å². The number of ether oxygens (including phenoxy) is 1. The van der Waals surface area contributed by atoms with Crippen molar-refractivity contribution >= 4 is 12.1 Å². The molecule has 4 aromatic carbocycles. The van der Waals surface area contributed by atoms with E-state index in [1.165, 1.54) is 0 Å². The highest BCUT2D eigenvalue weighted by atomic mass is 16.5. The molecule has 0 unspecified atom stereocenters. The molecule has 0 aliphatic rings. The van der Waals surface area contributed by atoms with Gasteiger partial charge >= 0.3 is 0 Å². The fourth-order valence-corrected chi connectivity index (χ4v) is 3.88. The summed E-state index contributed by atoms with van der Waals surface area (Å²) in [5, 5.41) is 9.03. The Kier molecular flexibility index (Phi) is 7.18. The molecule has 0 bridgehead atoms. The number of aromatic nitrogens is 2. The Hall–Kier alpha value is -4.97. The summed E-state index contributed by atoms with van der Waals surface area (Å²) in [5.74, 6) is 0.507. The highest BCUT2D eigenvalue weighted by Crippen LogP contribution is 2.25. The summed E-state index contributed by atoms with van der Waals surface area (Å²) in [4.78, 5) is 12.5. The van der Waals surface area contributed by atoms with E-state index in [-0.39, 0.29) is 5.91 Å². The Morgan fingerprint density at radius 2 is 1.65 bits per heavy atom. The van der Waals surface area contributed by atoms with Gasteiger partial charge in [0, 0.05) is 22.9 Å². The van der Waals surface area contributed by atoms with Crippen LogP contribution in [0.15, 0.2) is 120 Å². The largest absolute Gasteiger partial charge is 0.489 e. The Morgan fingerprint density at radius 3 is 2.38 bits per heavy atom. The van der Waals surface area contributed by atoms with Gasteiger partial charge in [0.1, 0.15) is 18.1 Å². The quantitative estimate of drug-likeness (QED) is 0.210. The zero-order chi connectivity index (χ0) is 25.5. The molecule has 0 aliphatic carbocycles. The Balaban J connectivity index is 1.37. The van der Waals surface area contributed by atoms with Crippen LogP contribution in [0.3, 0.4) is 0 Å². The molecule has 0 spiro atoms. The number of hydrazone groups is 1. The van der Waals surface area contributed by atoms with Gasteiger partial charge in [0.15, 0.2) is 0 Å². The molecule has 182 valence electrons. The molecule has 1 heterocycles. The van der Waals surface area contributed by atoms with Crippen molar-refractivity contribution in [1.29, 1.82) is 0 Å². The van der Waals surface area contributed by atoms with E-state index >= 15 is 0 Å². The molecule has 0 saturated heterocycles. The molecule has 0 atom stereocenters. The third-order valence-corrected chi connectivity index (χ3v) is 5.79. The lowest BCUT2D eigenvalue weighted by Crippen LogP contribution is -2.17. The van der Waals surface area contributed by atoms with Crippen LogP contribution in [-0.4, -0.2) is 21.9 Å². The summed E-state index contributed by atoms with van der Waals surface area (Å²) < 4.78 is 7.73. The van der Waals surface area contributed by atoms with Gasteiger partial charge in [-0.3, -0.25) is 4.79 Å². The van der Waals surface area contributed by atoms with Gasteiger partial charge in [0.2, 0.25) is 0 Å². The summed E-state index contributed by atoms with van der Waals surface area (Å²) in [7, 11) is 0. The smallest absolute Gasteiger partial charge is 0.271 e. The predicted octanol–water partition coefficient (Wildman–Crippen LogP) is 6.19. The molecule has 0 fully saturated rings. The minimum Gasteiger partial charge on any atom is -0.489 e. The van der Waals surface area contributed by atoms with E-state index in [4.69, 9.17) is 9.84 Å². The molecule has 6 nitrogen and oxygen atoms in total. The van der Waals surface area contributed by atoms with Gasteiger partial charge in [0.05, 0.1) is 11.9 Å². The van der Waals surface area contributed by atoms with Crippen molar-refractivity contribution in [1.82, 2.24) is 15.2 Å². The Morgan fingerprint density at radius 1 is 0.919 bits per heavy atom. The van der Waals surface area contributed by atoms with E-state index in [0.29, 0.717) is 12.2 Å². The maximum Gasteiger partial charge on any atom is 0.271 e. The van der Waals surface area contributed by atoms with Crippen LogP contribution in [0.25, 0.3) is 16.9 Å². The van der Waals surface area contributed by atoms with Crippen LogP contribution >= 0.6 is 0 Å². The van der Waals surface area contributed by atoms with Crippen LogP contribution in [0.5, 0.6) is 5.75 Å². The molecule has 0 saturated carbocycles. The first-order chi connectivity index (χ1) is 18.2. The third-order valence-electron chi connectivity index (χ3n) is 5.79. The Bertz CT molecular complexity index is 1510. The van der Waals surface area contributed by atoms with Crippen LogP contribution in [-0.2, 0) is 6.61 Å². The fourth-order valence-electron chi connectivity index (χ4n) is 3.88. The molecule has 5 rings (SSSR count). The lowest BCUT2D eigenvalue weighted by molar-refractivity contribution is 0.0955. The lowest BCUT2D eigenvalue weighted by atomic mass is 10.1. The van der Waals surface area contributed by atoms with Crippen LogP contribution in [0.2, 0.25) is 0 Å². The molecular weight excluding hydrogens is 460 g/mol. The number of hydrogen-bond acceptors (Lipinski definition) is 4. The zero-order valence-corrected chi connectivity index (χ0v) is 20.4. The second kappa shape index (κ2) is 11.2. The van der Waals surface area contributed by atoms with E-state index in [0.717, 1.165) is 39.4 Å². The number of rotatable bonds is 8. The number of nitrogens with zero attached hydrogens (tertiary/aromatic N) is 3. The van der Waals surface area contributed by atoms with Crippen molar-refractivity contribution in [2.45, 2.75) is 13.5 Å². The number of amides is 1. The summed E-state index contributed by atoms with van der Waals surface area (Å²) >= 11 is 0. The number of para-hydroxylation sites is 1. The minimum absolute atomic E-state index is 0.267. The van der Waals surface area contributed by atoms with Crippen LogP contribution in [0.4, 0.5) is 0 Å². The zero-order valence-electron chi connectivity index (χ0n) is 20.4. The highest BCUT2D eigenvalue weighted by Gasteiger charge is 2.12. The second-order valence-corrected chi connectivity index (χ2v) is 8.58. The first kappa shape index (κ1) is 23.8. The first-order valence-electron chi connectivity index (χ1n) is 12.0. The Labute approximate surface area is 215 Å². The molecule has 6 heteroatoms. The number of hydrogen-bond donors (Lipinski definition) is 1. The average Bonchev–Trinajstić information content (AvgIpc) is 3.37. The predicted molar refractivity (Wildman–Crippen MR) is 146 cm³/mol. The van der Waals surface area contributed by atoms with E-state index in [1.807, 2.05) is 116 Å². The van der Waals surface area contributed by atoms with Crippen LogP contribution in [0.1, 0.15) is 27.0 Å². The minimum atomic E-state index is -0.267. The molecular formula is C31H26N4O2. The third kappa shape index (κ3) is 6.00. The molecule has 37 heavy (non-hydrogen) atoms. The topological polar surface area (TPSA) is 68.5 Å².